The molecule has 0 aliphatic carbocycles. The van der Waals surface area contributed by atoms with Gasteiger partial charge in [0.05, 0.1) is 11.0 Å². The van der Waals surface area contributed by atoms with Gasteiger partial charge in [-0.2, -0.15) is 0 Å². The van der Waals surface area contributed by atoms with Gasteiger partial charge in [-0.05, 0) is 31.0 Å². The molecule has 0 saturated heterocycles. The van der Waals surface area contributed by atoms with Gasteiger partial charge in [-0.3, -0.25) is 9.59 Å². The number of aromatic nitrogens is 2. The Kier molecular flexibility index (Phi) is 3.79. The van der Waals surface area contributed by atoms with Gasteiger partial charge in [0, 0.05) is 19.0 Å². The average molecular weight is 258 g/mol. The molecule has 0 saturated carbocycles. The number of unbranched alkanes of at least 4 members (excludes halogenated alkanes) is 1. The monoisotopic (exact) mass is 258 g/mol. The highest BCUT2D eigenvalue weighted by Crippen LogP contribution is 2.21. The fourth-order valence-electron chi connectivity index (χ4n) is 2.24. The third-order valence-corrected chi connectivity index (χ3v) is 3.42. The summed E-state index contributed by atoms with van der Waals surface area (Å²) in [5, 5.41) is 0. The van der Waals surface area contributed by atoms with E-state index >= 15 is 0 Å². The summed E-state index contributed by atoms with van der Waals surface area (Å²) in [7, 11) is 1.80. The van der Waals surface area contributed by atoms with Crippen molar-refractivity contribution in [2.75, 3.05) is 0 Å². The number of ketones is 1. The molecular weight excluding hydrogens is 240 g/mol. The summed E-state index contributed by atoms with van der Waals surface area (Å²) in [6.07, 6.45) is 3.20. The standard InChI is InChI=1S/C15H18N2O2/c1-4-5-6-14(19)11-8-12-13(7-10(11)2)17(3)15(9-18)16-12/h7-9H,4-6H2,1-3H3. The van der Waals surface area contributed by atoms with Crippen LogP contribution in [0.4, 0.5) is 0 Å². The molecule has 100 valence electrons. The molecule has 0 atom stereocenters. The molecule has 0 fully saturated rings. The SMILES string of the molecule is CCCCC(=O)c1cc2nc(C=O)n(C)c2cc1C. The normalized spacial score (nSPS) is 10.9. The van der Waals surface area contributed by atoms with Crippen LogP contribution < -0.4 is 0 Å². The molecule has 1 aromatic heterocycles. The topological polar surface area (TPSA) is 52.0 Å². The van der Waals surface area contributed by atoms with Crippen LogP contribution in [0.2, 0.25) is 0 Å². The van der Waals surface area contributed by atoms with Crippen LogP contribution in [0.3, 0.4) is 0 Å². The Morgan fingerprint density at radius 3 is 2.79 bits per heavy atom. The molecular formula is C15H18N2O2. The van der Waals surface area contributed by atoms with Gasteiger partial charge in [0.25, 0.3) is 0 Å². The predicted molar refractivity (Wildman–Crippen MR) is 74.7 cm³/mol. The van der Waals surface area contributed by atoms with E-state index in [4.69, 9.17) is 0 Å². The Hall–Kier alpha value is -1.97. The Bertz CT molecular complexity index is 641. The number of Topliss-reactive ketones (excluding diaryl/α,β-unsaturated/α-hetero) is 1. The summed E-state index contributed by atoms with van der Waals surface area (Å²) in [5.41, 5.74) is 3.24. The lowest BCUT2D eigenvalue weighted by Gasteiger charge is -2.05. The summed E-state index contributed by atoms with van der Waals surface area (Å²) in [6.45, 7) is 3.99. The Balaban J connectivity index is 2.49. The number of benzene rings is 1. The van der Waals surface area contributed by atoms with Crippen molar-refractivity contribution in [3.05, 3.63) is 29.1 Å². The van der Waals surface area contributed by atoms with Crippen LogP contribution >= 0.6 is 0 Å². The van der Waals surface area contributed by atoms with Gasteiger partial charge in [-0.1, -0.05) is 13.3 Å². The summed E-state index contributed by atoms with van der Waals surface area (Å²) in [4.78, 5) is 27.3. The van der Waals surface area contributed by atoms with E-state index in [0.717, 1.165) is 35.8 Å². The van der Waals surface area contributed by atoms with Crippen LogP contribution in [0.1, 0.15) is 52.7 Å². The fraction of sp³-hybridized carbons (Fsp3) is 0.400. The largest absolute Gasteiger partial charge is 0.325 e. The van der Waals surface area contributed by atoms with E-state index in [0.29, 0.717) is 17.8 Å². The van der Waals surface area contributed by atoms with Gasteiger partial charge in [0.2, 0.25) is 0 Å². The zero-order valence-electron chi connectivity index (χ0n) is 11.6. The molecule has 0 amide bonds. The lowest BCUT2D eigenvalue weighted by Crippen LogP contribution is -2.02. The molecule has 4 heteroatoms. The molecule has 4 nitrogen and oxygen atoms in total. The minimum atomic E-state index is 0.152. The average Bonchev–Trinajstić information content (AvgIpc) is 2.71. The molecule has 2 rings (SSSR count). The highest BCUT2D eigenvalue weighted by Gasteiger charge is 2.14. The first kappa shape index (κ1) is 13.5. The molecule has 0 radical (unpaired) electrons. The lowest BCUT2D eigenvalue weighted by atomic mass is 10.00. The number of rotatable bonds is 5. The number of nitrogens with zero attached hydrogens (tertiary/aromatic N) is 2. The second kappa shape index (κ2) is 5.34. The molecule has 0 aliphatic heterocycles. The quantitative estimate of drug-likeness (QED) is 0.611. The molecule has 19 heavy (non-hydrogen) atoms. The number of fused-ring (bicyclic) bond motifs is 1. The van der Waals surface area contributed by atoms with E-state index in [1.165, 1.54) is 0 Å². The number of hydrogen-bond donors (Lipinski definition) is 0. The first-order valence-electron chi connectivity index (χ1n) is 6.54. The summed E-state index contributed by atoms with van der Waals surface area (Å²) in [6, 6.07) is 3.73. The van der Waals surface area contributed by atoms with Crippen LogP contribution in [0.5, 0.6) is 0 Å². The maximum atomic E-state index is 12.1. The number of aryl methyl sites for hydroxylation is 2. The van der Waals surface area contributed by atoms with Crippen molar-refractivity contribution in [1.82, 2.24) is 9.55 Å². The van der Waals surface area contributed by atoms with E-state index < -0.39 is 0 Å². The fourth-order valence-corrected chi connectivity index (χ4v) is 2.24. The second-order valence-corrected chi connectivity index (χ2v) is 4.83. The summed E-state index contributed by atoms with van der Waals surface area (Å²) >= 11 is 0. The van der Waals surface area contributed by atoms with E-state index in [1.54, 1.807) is 17.7 Å². The smallest absolute Gasteiger partial charge is 0.185 e. The van der Waals surface area contributed by atoms with Gasteiger partial charge in [-0.15, -0.1) is 0 Å². The van der Waals surface area contributed by atoms with Crippen LogP contribution in [0.15, 0.2) is 12.1 Å². The molecule has 0 aliphatic rings. The van der Waals surface area contributed by atoms with E-state index in [1.807, 2.05) is 13.0 Å². The first-order chi connectivity index (χ1) is 9.08. The highest BCUT2D eigenvalue weighted by atomic mass is 16.1. The molecule has 2 aromatic rings. The van der Waals surface area contributed by atoms with Crippen LogP contribution in [0.25, 0.3) is 11.0 Å². The van der Waals surface area contributed by atoms with Gasteiger partial charge in [0.15, 0.2) is 17.9 Å². The second-order valence-electron chi connectivity index (χ2n) is 4.83. The number of carbonyl (C=O) groups excluding carboxylic acids is 2. The number of imidazole rings is 1. The zero-order valence-corrected chi connectivity index (χ0v) is 11.6. The van der Waals surface area contributed by atoms with Crippen molar-refractivity contribution >= 4 is 23.1 Å². The van der Waals surface area contributed by atoms with Crippen molar-refractivity contribution in [3.63, 3.8) is 0 Å². The van der Waals surface area contributed by atoms with Gasteiger partial charge in [0.1, 0.15) is 0 Å². The zero-order chi connectivity index (χ0) is 14.0. The van der Waals surface area contributed by atoms with Crippen LogP contribution in [-0.4, -0.2) is 21.6 Å². The Labute approximate surface area is 112 Å². The highest BCUT2D eigenvalue weighted by molar-refractivity contribution is 6.00. The van der Waals surface area contributed by atoms with Crippen LogP contribution in [0, 0.1) is 6.92 Å². The van der Waals surface area contributed by atoms with Gasteiger partial charge >= 0.3 is 0 Å². The Morgan fingerprint density at radius 1 is 1.42 bits per heavy atom. The maximum Gasteiger partial charge on any atom is 0.185 e. The van der Waals surface area contributed by atoms with Crippen molar-refractivity contribution in [3.8, 4) is 0 Å². The lowest BCUT2D eigenvalue weighted by molar-refractivity contribution is 0.0979. The van der Waals surface area contributed by atoms with Crippen molar-refractivity contribution < 1.29 is 9.59 Å². The molecule has 1 aromatic carbocycles. The van der Waals surface area contributed by atoms with Gasteiger partial charge in [-0.25, -0.2) is 4.98 Å². The van der Waals surface area contributed by atoms with E-state index in [2.05, 4.69) is 11.9 Å². The van der Waals surface area contributed by atoms with Crippen LogP contribution in [-0.2, 0) is 7.05 Å². The third kappa shape index (κ3) is 2.43. The number of hydrogen-bond acceptors (Lipinski definition) is 3. The minimum Gasteiger partial charge on any atom is -0.325 e. The van der Waals surface area contributed by atoms with E-state index in [9.17, 15) is 9.59 Å². The molecule has 0 unspecified atom stereocenters. The van der Waals surface area contributed by atoms with Gasteiger partial charge < -0.3 is 4.57 Å². The first-order valence-corrected chi connectivity index (χ1v) is 6.54. The summed E-state index contributed by atoms with van der Waals surface area (Å²) in [5.74, 6) is 0.534. The number of carbonyl (C=O) groups is 2. The third-order valence-electron chi connectivity index (χ3n) is 3.42. The van der Waals surface area contributed by atoms with Crippen molar-refractivity contribution in [2.24, 2.45) is 7.05 Å². The maximum absolute atomic E-state index is 12.1. The summed E-state index contributed by atoms with van der Waals surface area (Å²) < 4.78 is 1.75. The Morgan fingerprint density at radius 2 is 2.16 bits per heavy atom. The minimum absolute atomic E-state index is 0.152. The molecule has 0 spiro atoms. The predicted octanol–water partition coefficient (Wildman–Crippen LogP) is 3.07. The number of aldehydes is 1. The molecule has 1 heterocycles. The van der Waals surface area contributed by atoms with Crippen molar-refractivity contribution in [2.45, 2.75) is 33.1 Å². The molecule has 0 N–H and O–H groups in total. The van der Waals surface area contributed by atoms with E-state index in [-0.39, 0.29) is 5.78 Å². The van der Waals surface area contributed by atoms with Crippen molar-refractivity contribution in [1.29, 1.82) is 0 Å². The molecule has 0 bridgehead atoms.